The lowest BCUT2D eigenvalue weighted by atomic mass is 10.0. The van der Waals surface area contributed by atoms with Gasteiger partial charge in [-0.3, -0.25) is 0 Å². The van der Waals surface area contributed by atoms with Gasteiger partial charge in [-0.25, -0.2) is 0 Å². The molecule has 2 nitrogen and oxygen atoms in total. The summed E-state index contributed by atoms with van der Waals surface area (Å²) in [6.45, 7) is 0.645. The monoisotopic (exact) mass is 232 g/mol. The van der Waals surface area contributed by atoms with Gasteiger partial charge in [0.2, 0.25) is 0 Å². The molecule has 4 heteroatoms. The van der Waals surface area contributed by atoms with Crippen molar-refractivity contribution in [2.24, 2.45) is 11.5 Å². The minimum atomic E-state index is -0.0789. The van der Waals surface area contributed by atoms with Crippen molar-refractivity contribution in [3.05, 3.63) is 33.8 Å². The molecule has 1 atom stereocenters. The van der Waals surface area contributed by atoms with E-state index in [-0.39, 0.29) is 6.04 Å². The van der Waals surface area contributed by atoms with E-state index in [0.717, 1.165) is 18.4 Å². The van der Waals surface area contributed by atoms with Crippen molar-refractivity contribution >= 4 is 23.2 Å². The zero-order valence-corrected chi connectivity index (χ0v) is 9.35. The Morgan fingerprint density at radius 3 is 2.64 bits per heavy atom. The summed E-state index contributed by atoms with van der Waals surface area (Å²) in [6.07, 6.45) is 1.72. The fourth-order valence-electron chi connectivity index (χ4n) is 1.29. The van der Waals surface area contributed by atoms with Crippen LogP contribution in [0.2, 0.25) is 10.0 Å². The highest BCUT2D eigenvalue weighted by molar-refractivity contribution is 6.33. The molecule has 14 heavy (non-hydrogen) atoms. The first-order valence-electron chi connectivity index (χ1n) is 4.55. The average molecular weight is 233 g/mol. The van der Waals surface area contributed by atoms with E-state index in [1.165, 1.54) is 0 Å². The van der Waals surface area contributed by atoms with Crippen LogP contribution in [0.1, 0.15) is 24.4 Å². The second-order valence-corrected chi connectivity index (χ2v) is 4.05. The fourth-order valence-corrected chi connectivity index (χ4v) is 1.73. The second-order valence-electron chi connectivity index (χ2n) is 3.20. The number of benzene rings is 1. The molecule has 0 saturated carbocycles. The van der Waals surface area contributed by atoms with Gasteiger partial charge >= 0.3 is 0 Å². The highest BCUT2D eigenvalue weighted by atomic mass is 35.5. The molecular weight excluding hydrogens is 219 g/mol. The molecule has 1 rings (SSSR count). The van der Waals surface area contributed by atoms with Gasteiger partial charge in [0, 0.05) is 16.1 Å². The molecule has 1 aromatic rings. The van der Waals surface area contributed by atoms with Gasteiger partial charge in [-0.15, -0.1) is 0 Å². The number of nitrogens with two attached hydrogens (primary N) is 2. The summed E-state index contributed by atoms with van der Waals surface area (Å²) in [6, 6.07) is 5.25. The normalized spacial score (nSPS) is 12.9. The minimum Gasteiger partial charge on any atom is -0.330 e. The third-order valence-electron chi connectivity index (χ3n) is 2.08. The van der Waals surface area contributed by atoms with Crippen LogP contribution in [0.25, 0.3) is 0 Å². The van der Waals surface area contributed by atoms with Crippen LogP contribution in [0.3, 0.4) is 0 Å². The van der Waals surface area contributed by atoms with E-state index < -0.39 is 0 Å². The SMILES string of the molecule is NCCC[C@H](N)c1cc(Cl)ccc1Cl. The average Bonchev–Trinajstić information content (AvgIpc) is 2.18. The van der Waals surface area contributed by atoms with Crippen molar-refractivity contribution in [3.63, 3.8) is 0 Å². The molecule has 0 unspecified atom stereocenters. The maximum atomic E-state index is 6.00. The van der Waals surface area contributed by atoms with E-state index in [1.807, 2.05) is 6.07 Å². The Bertz CT molecular complexity index is 302. The summed E-state index contributed by atoms with van der Waals surface area (Å²) in [7, 11) is 0. The topological polar surface area (TPSA) is 52.0 Å². The lowest BCUT2D eigenvalue weighted by Crippen LogP contribution is -2.13. The van der Waals surface area contributed by atoms with Crippen LogP contribution < -0.4 is 11.5 Å². The molecule has 0 radical (unpaired) electrons. The molecule has 0 aromatic heterocycles. The Hall–Kier alpha value is -0.280. The number of rotatable bonds is 4. The quantitative estimate of drug-likeness (QED) is 0.839. The summed E-state index contributed by atoms with van der Waals surface area (Å²) in [5.41, 5.74) is 12.3. The second kappa shape index (κ2) is 5.56. The third kappa shape index (κ3) is 3.14. The molecule has 1 aromatic carbocycles. The molecule has 0 spiro atoms. The van der Waals surface area contributed by atoms with Crippen molar-refractivity contribution in [2.45, 2.75) is 18.9 Å². The zero-order valence-electron chi connectivity index (χ0n) is 7.84. The Morgan fingerprint density at radius 1 is 1.29 bits per heavy atom. The van der Waals surface area contributed by atoms with Crippen LogP contribution in [-0.4, -0.2) is 6.54 Å². The maximum absolute atomic E-state index is 6.00. The van der Waals surface area contributed by atoms with Crippen LogP contribution in [0, 0.1) is 0 Å². The molecule has 4 N–H and O–H groups in total. The van der Waals surface area contributed by atoms with Gasteiger partial charge in [0.25, 0.3) is 0 Å². The molecule has 0 fully saturated rings. The van der Waals surface area contributed by atoms with E-state index in [0.29, 0.717) is 16.6 Å². The third-order valence-corrected chi connectivity index (χ3v) is 2.66. The van der Waals surface area contributed by atoms with E-state index >= 15 is 0 Å². The largest absolute Gasteiger partial charge is 0.330 e. The molecular formula is C10H14Cl2N2. The van der Waals surface area contributed by atoms with Crippen LogP contribution in [-0.2, 0) is 0 Å². The highest BCUT2D eigenvalue weighted by Crippen LogP contribution is 2.27. The smallest absolute Gasteiger partial charge is 0.0454 e. The predicted molar refractivity (Wildman–Crippen MR) is 61.7 cm³/mol. The summed E-state index contributed by atoms with van der Waals surface area (Å²) >= 11 is 11.9. The Labute approximate surface area is 94.2 Å². The molecule has 0 heterocycles. The van der Waals surface area contributed by atoms with Crippen LogP contribution in [0.15, 0.2) is 18.2 Å². The molecule has 0 bridgehead atoms. The summed E-state index contributed by atoms with van der Waals surface area (Å²) in [5.74, 6) is 0. The first kappa shape index (κ1) is 11.8. The fraction of sp³-hybridized carbons (Fsp3) is 0.400. The Kier molecular flexibility index (Phi) is 4.69. The molecule has 0 aliphatic carbocycles. The first-order valence-corrected chi connectivity index (χ1v) is 5.31. The van der Waals surface area contributed by atoms with Gasteiger partial charge in [0.15, 0.2) is 0 Å². The molecule has 0 aliphatic heterocycles. The predicted octanol–water partition coefficient (Wildman–Crippen LogP) is 2.73. The van der Waals surface area contributed by atoms with Gasteiger partial charge in [0.05, 0.1) is 0 Å². The van der Waals surface area contributed by atoms with Gasteiger partial charge < -0.3 is 11.5 Å². The standard InChI is InChI=1S/C10H14Cl2N2/c11-7-3-4-9(12)8(6-7)10(14)2-1-5-13/h3-4,6,10H,1-2,5,13-14H2/t10-/m0/s1. The van der Waals surface area contributed by atoms with Crippen LogP contribution in [0.5, 0.6) is 0 Å². The van der Waals surface area contributed by atoms with Gasteiger partial charge in [-0.05, 0) is 43.1 Å². The van der Waals surface area contributed by atoms with Crippen molar-refractivity contribution in [3.8, 4) is 0 Å². The van der Waals surface area contributed by atoms with Crippen molar-refractivity contribution in [2.75, 3.05) is 6.54 Å². The van der Waals surface area contributed by atoms with E-state index in [2.05, 4.69) is 0 Å². The molecule has 0 amide bonds. The Morgan fingerprint density at radius 2 is 2.00 bits per heavy atom. The zero-order chi connectivity index (χ0) is 10.6. The highest BCUT2D eigenvalue weighted by Gasteiger charge is 2.09. The molecule has 0 aliphatic rings. The van der Waals surface area contributed by atoms with E-state index in [1.54, 1.807) is 12.1 Å². The Balaban J connectivity index is 2.77. The number of halogens is 2. The summed E-state index contributed by atoms with van der Waals surface area (Å²) in [5, 5.41) is 1.33. The van der Waals surface area contributed by atoms with Crippen molar-refractivity contribution < 1.29 is 0 Å². The lowest BCUT2D eigenvalue weighted by Gasteiger charge is -2.13. The molecule has 0 saturated heterocycles. The number of hydrogen-bond donors (Lipinski definition) is 2. The lowest BCUT2D eigenvalue weighted by molar-refractivity contribution is 0.618. The van der Waals surface area contributed by atoms with Crippen molar-refractivity contribution in [1.82, 2.24) is 0 Å². The first-order chi connectivity index (χ1) is 6.65. The summed E-state index contributed by atoms with van der Waals surface area (Å²) < 4.78 is 0. The number of hydrogen-bond acceptors (Lipinski definition) is 2. The molecule has 78 valence electrons. The van der Waals surface area contributed by atoms with E-state index in [4.69, 9.17) is 34.7 Å². The van der Waals surface area contributed by atoms with E-state index in [9.17, 15) is 0 Å². The van der Waals surface area contributed by atoms with Gasteiger partial charge in [-0.1, -0.05) is 23.2 Å². The van der Waals surface area contributed by atoms with Crippen molar-refractivity contribution in [1.29, 1.82) is 0 Å². The van der Waals surface area contributed by atoms with Crippen LogP contribution in [0.4, 0.5) is 0 Å². The minimum absolute atomic E-state index is 0.0789. The van der Waals surface area contributed by atoms with Gasteiger partial charge in [0.1, 0.15) is 0 Å². The van der Waals surface area contributed by atoms with Crippen LogP contribution >= 0.6 is 23.2 Å². The maximum Gasteiger partial charge on any atom is 0.0454 e. The van der Waals surface area contributed by atoms with Gasteiger partial charge in [-0.2, -0.15) is 0 Å². The summed E-state index contributed by atoms with van der Waals surface area (Å²) in [4.78, 5) is 0.